The van der Waals surface area contributed by atoms with E-state index >= 15 is 0 Å². The molecular formula is C25H27N3O. The highest BCUT2D eigenvalue weighted by Crippen LogP contribution is 2.13. The average molecular weight is 386 g/mol. The summed E-state index contributed by atoms with van der Waals surface area (Å²) in [6.07, 6.45) is 8.02. The number of nitriles is 1. The van der Waals surface area contributed by atoms with Crippen LogP contribution in [-0.4, -0.2) is 41.9 Å². The Bertz CT molecular complexity index is 939. The lowest BCUT2D eigenvalue weighted by atomic mass is 10.1. The topological polar surface area (TPSA) is 47.3 Å². The first-order valence-electron chi connectivity index (χ1n) is 10.1. The van der Waals surface area contributed by atoms with Gasteiger partial charge in [-0.1, -0.05) is 60.7 Å². The Morgan fingerprint density at radius 1 is 1.03 bits per heavy atom. The van der Waals surface area contributed by atoms with Gasteiger partial charge in [0.1, 0.15) is 0 Å². The molecule has 0 aliphatic carbocycles. The number of nitrogens with zero attached hydrogens (tertiary/aromatic N) is 3. The number of rotatable bonds is 5. The van der Waals surface area contributed by atoms with Crippen LogP contribution in [0.1, 0.15) is 28.7 Å². The van der Waals surface area contributed by atoms with Crippen LogP contribution in [0, 0.1) is 18.3 Å². The summed E-state index contributed by atoms with van der Waals surface area (Å²) in [5, 5.41) is 9.12. The van der Waals surface area contributed by atoms with Crippen molar-refractivity contribution in [2.75, 3.05) is 26.2 Å². The van der Waals surface area contributed by atoms with E-state index in [0.29, 0.717) is 5.56 Å². The minimum Gasteiger partial charge on any atom is -0.338 e. The number of carbonyl (C=O) groups excluding carboxylic acids is 1. The second-order valence-electron chi connectivity index (χ2n) is 7.30. The Morgan fingerprint density at radius 2 is 1.83 bits per heavy atom. The van der Waals surface area contributed by atoms with Crippen molar-refractivity contribution in [2.24, 2.45) is 0 Å². The maximum Gasteiger partial charge on any atom is 0.246 e. The zero-order chi connectivity index (χ0) is 20.5. The molecule has 4 heteroatoms. The molecule has 29 heavy (non-hydrogen) atoms. The van der Waals surface area contributed by atoms with E-state index in [1.54, 1.807) is 18.2 Å². The molecule has 1 fully saturated rings. The van der Waals surface area contributed by atoms with Crippen molar-refractivity contribution >= 4 is 12.0 Å². The third-order valence-corrected chi connectivity index (χ3v) is 5.26. The van der Waals surface area contributed by atoms with Gasteiger partial charge in [0.2, 0.25) is 5.91 Å². The van der Waals surface area contributed by atoms with Gasteiger partial charge in [0.15, 0.2) is 0 Å². The molecule has 0 unspecified atom stereocenters. The molecule has 2 aromatic rings. The molecule has 1 saturated heterocycles. The van der Waals surface area contributed by atoms with E-state index < -0.39 is 0 Å². The summed E-state index contributed by atoms with van der Waals surface area (Å²) in [5.41, 5.74) is 4.16. The van der Waals surface area contributed by atoms with Crippen molar-refractivity contribution < 1.29 is 4.79 Å². The van der Waals surface area contributed by atoms with Crippen molar-refractivity contribution in [2.45, 2.75) is 19.9 Å². The summed E-state index contributed by atoms with van der Waals surface area (Å²) < 4.78 is 0. The van der Waals surface area contributed by atoms with Crippen LogP contribution in [0.4, 0.5) is 0 Å². The molecule has 0 bridgehead atoms. The highest BCUT2D eigenvalue weighted by molar-refractivity contribution is 5.88. The van der Waals surface area contributed by atoms with Gasteiger partial charge in [-0.2, -0.15) is 5.26 Å². The van der Waals surface area contributed by atoms with Crippen molar-refractivity contribution in [1.82, 2.24) is 9.80 Å². The van der Waals surface area contributed by atoms with Crippen LogP contribution >= 0.6 is 0 Å². The summed E-state index contributed by atoms with van der Waals surface area (Å²) >= 11 is 0. The summed E-state index contributed by atoms with van der Waals surface area (Å²) in [5.74, 6) is 0.0426. The maximum absolute atomic E-state index is 12.5. The molecule has 1 heterocycles. The van der Waals surface area contributed by atoms with Gasteiger partial charge < -0.3 is 4.90 Å². The third-order valence-electron chi connectivity index (χ3n) is 5.26. The number of benzene rings is 2. The number of amides is 1. The van der Waals surface area contributed by atoms with Gasteiger partial charge >= 0.3 is 0 Å². The molecule has 1 aliphatic rings. The van der Waals surface area contributed by atoms with Crippen LogP contribution in [0.25, 0.3) is 6.08 Å². The Balaban J connectivity index is 1.53. The molecule has 1 amide bonds. The number of allylic oxidation sites excluding steroid dienone is 2. The van der Waals surface area contributed by atoms with Crippen LogP contribution < -0.4 is 0 Å². The minimum atomic E-state index is 0.0426. The number of carbonyl (C=O) groups is 1. The normalized spacial score (nSPS) is 15.5. The molecule has 2 aromatic carbocycles. The first-order chi connectivity index (χ1) is 14.2. The molecule has 1 aliphatic heterocycles. The van der Waals surface area contributed by atoms with Crippen molar-refractivity contribution in [3.8, 4) is 6.07 Å². The fraction of sp³-hybridized carbons (Fsp3) is 0.280. The zero-order valence-corrected chi connectivity index (χ0v) is 16.9. The van der Waals surface area contributed by atoms with E-state index in [1.807, 2.05) is 35.3 Å². The van der Waals surface area contributed by atoms with Gasteiger partial charge in [0.25, 0.3) is 0 Å². The predicted octanol–water partition coefficient (Wildman–Crippen LogP) is 4.17. The summed E-state index contributed by atoms with van der Waals surface area (Å²) in [4.78, 5) is 16.9. The van der Waals surface area contributed by atoms with Crippen LogP contribution in [0.5, 0.6) is 0 Å². The van der Waals surface area contributed by atoms with Crippen LogP contribution in [0.3, 0.4) is 0 Å². The lowest BCUT2D eigenvalue weighted by molar-refractivity contribution is -0.125. The van der Waals surface area contributed by atoms with Crippen LogP contribution in [-0.2, 0) is 11.3 Å². The monoisotopic (exact) mass is 385 g/mol. The van der Waals surface area contributed by atoms with E-state index in [-0.39, 0.29) is 5.91 Å². The Kier molecular flexibility index (Phi) is 7.38. The van der Waals surface area contributed by atoms with Gasteiger partial charge in [-0.05, 0) is 36.1 Å². The van der Waals surface area contributed by atoms with Crippen molar-refractivity contribution in [3.05, 3.63) is 89.0 Å². The molecule has 0 saturated carbocycles. The highest BCUT2D eigenvalue weighted by atomic mass is 16.2. The standard InChI is InChI=1S/C25H27N3O/c1-21-9-2-3-13-24(21)20-27-15-8-16-28(18-17-27)25(29)14-7-6-11-22-10-4-5-12-23(22)19-26/h2-7,9-14H,8,15-18,20H2,1H3. The fourth-order valence-electron chi connectivity index (χ4n) is 3.52. The van der Waals surface area contributed by atoms with E-state index in [2.05, 4.69) is 42.2 Å². The van der Waals surface area contributed by atoms with E-state index in [9.17, 15) is 4.79 Å². The first-order valence-corrected chi connectivity index (χ1v) is 10.1. The molecule has 0 radical (unpaired) electrons. The van der Waals surface area contributed by atoms with Gasteiger partial charge in [-0.25, -0.2) is 0 Å². The fourth-order valence-corrected chi connectivity index (χ4v) is 3.52. The second kappa shape index (κ2) is 10.4. The second-order valence-corrected chi connectivity index (χ2v) is 7.30. The minimum absolute atomic E-state index is 0.0426. The largest absolute Gasteiger partial charge is 0.338 e. The Labute approximate surface area is 173 Å². The number of hydrogen-bond donors (Lipinski definition) is 0. The Morgan fingerprint density at radius 3 is 2.66 bits per heavy atom. The molecule has 3 rings (SSSR count). The highest BCUT2D eigenvalue weighted by Gasteiger charge is 2.17. The summed E-state index contributed by atoms with van der Waals surface area (Å²) in [6.45, 7) is 6.51. The van der Waals surface area contributed by atoms with Gasteiger partial charge in [-0.15, -0.1) is 0 Å². The lowest BCUT2D eigenvalue weighted by Gasteiger charge is -2.22. The number of aryl methyl sites for hydroxylation is 1. The average Bonchev–Trinajstić information content (AvgIpc) is 2.98. The molecule has 4 nitrogen and oxygen atoms in total. The number of hydrogen-bond acceptors (Lipinski definition) is 3. The first kappa shape index (κ1) is 20.6. The lowest BCUT2D eigenvalue weighted by Crippen LogP contribution is -2.34. The molecule has 0 aromatic heterocycles. The van der Waals surface area contributed by atoms with E-state index in [1.165, 1.54) is 11.1 Å². The molecule has 148 valence electrons. The molecule has 0 atom stereocenters. The smallest absolute Gasteiger partial charge is 0.246 e. The summed E-state index contributed by atoms with van der Waals surface area (Å²) in [6, 6.07) is 18.1. The van der Waals surface area contributed by atoms with E-state index in [0.717, 1.165) is 44.7 Å². The van der Waals surface area contributed by atoms with Crippen LogP contribution in [0.15, 0.2) is 66.8 Å². The Hall–Kier alpha value is -3.16. The van der Waals surface area contributed by atoms with Gasteiger partial charge in [-0.3, -0.25) is 9.69 Å². The quantitative estimate of drug-likeness (QED) is 0.573. The van der Waals surface area contributed by atoms with Gasteiger partial charge in [0.05, 0.1) is 11.6 Å². The molecule has 0 N–H and O–H groups in total. The van der Waals surface area contributed by atoms with Gasteiger partial charge in [0, 0.05) is 38.8 Å². The van der Waals surface area contributed by atoms with E-state index in [4.69, 9.17) is 5.26 Å². The molecule has 0 spiro atoms. The predicted molar refractivity (Wildman–Crippen MR) is 117 cm³/mol. The maximum atomic E-state index is 12.5. The zero-order valence-electron chi connectivity index (χ0n) is 16.9. The van der Waals surface area contributed by atoms with Crippen molar-refractivity contribution in [3.63, 3.8) is 0 Å². The third kappa shape index (κ3) is 5.91. The SMILES string of the molecule is Cc1ccccc1CN1CCCN(C(=O)C=CC=Cc2ccccc2C#N)CC1. The molecular weight excluding hydrogens is 358 g/mol. The van der Waals surface area contributed by atoms with Crippen molar-refractivity contribution in [1.29, 1.82) is 5.26 Å². The van der Waals surface area contributed by atoms with Crippen LogP contribution in [0.2, 0.25) is 0 Å². The summed E-state index contributed by atoms with van der Waals surface area (Å²) in [7, 11) is 0.